The Morgan fingerprint density at radius 1 is 0.875 bits per heavy atom. The van der Waals surface area contributed by atoms with E-state index in [4.69, 9.17) is 9.47 Å². The van der Waals surface area contributed by atoms with E-state index in [-0.39, 0.29) is 11.8 Å². The summed E-state index contributed by atoms with van der Waals surface area (Å²) in [6, 6.07) is 22.2. The van der Waals surface area contributed by atoms with Gasteiger partial charge in [0.2, 0.25) is 5.91 Å². The van der Waals surface area contributed by atoms with Crippen molar-refractivity contribution in [3.8, 4) is 11.5 Å². The van der Waals surface area contributed by atoms with Crippen molar-refractivity contribution in [2.45, 2.75) is 6.42 Å². The Kier molecular flexibility index (Phi) is 8.03. The van der Waals surface area contributed by atoms with Crippen molar-refractivity contribution >= 4 is 23.6 Å². The summed E-state index contributed by atoms with van der Waals surface area (Å²) >= 11 is 0. The minimum absolute atomic E-state index is 0.235. The first-order chi connectivity index (χ1) is 15.6. The molecule has 6 heteroatoms. The number of rotatable bonds is 9. The van der Waals surface area contributed by atoms with Crippen LogP contribution in [0.5, 0.6) is 11.5 Å². The van der Waals surface area contributed by atoms with Crippen LogP contribution < -0.4 is 20.1 Å². The molecule has 6 nitrogen and oxygen atoms in total. The molecule has 0 heterocycles. The van der Waals surface area contributed by atoms with Crippen molar-refractivity contribution in [2.75, 3.05) is 26.1 Å². The molecule has 0 atom stereocenters. The molecule has 3 rings (SSSR count). The maximum Gasteiger partial charge on any atom is 0.253 e. The van der Waals surface area contributed by atoms with Crippen molar-refractivity contribution in [1.29, 1.82) is 0 Å². The van der Waals surface area contributed by atoms with Gasteiger partial charge < -0.3 is 20.1 Å². The molecule has 0 aliphatic heterocycles. The van der Waals surface area contributed by atoms with Crippen LogP contribution in [-0.4, -0.2) is 32.6 Å². The molecule has 0 saturated heterocycles. The number of carbonyl (C=O) groups excluding carboxylic acids is 2. The Bertz CT molecular complexity index is 1090. The third-order valence-corrected chi connectivity index (χ3v) is 4.81. The van der Waals surface area contributed by atoms with Crippen LogP contribution in [-0.2, 0) is 11.2 Å². The summed E-state index contributed by atoms with van der Waals surface area (Å²) < 4.78 is 10.5. The van der Waals surface area contributed by atoms with Gasteiger partial charge in [-0.3, -0.25) is 9.59 Å². The predicted molar refractivity (Wildman–Crippen MR) is 126 cm³/mol. The van der Waals surface area contributed by atoms with Gasteiger partial charge >= 0.3 is 0 Å². The van der Waals surface area contributed by atoms with Gasteiger partial charge in [0.25, 0.3) is 5.91 Å². The van der Waals surface area contributed by atoms with E-state index in [0.29, 0.717) is 29.3 Å². The minimum atomic E-state index is -0.343. The fourth-order valence-corrected chi connectivity index (χ4v) is 3.15. The van der Waals surface area contributed by atoms with Crippen LogP contribution in [0.25, 0.3) is 6.08 Å². The number of carbonyl (C=O) groups is 2. The molecular weight excluding hydrogens is 404 g/mol. The van der Waals surface area contributed by atoms with Gasteiger partial charge in [-0.15, -0.1) is 0 Å². The highest BCUT2D eigenvalue weighted by atomic mass is 16.5. The Morgan fingerprint density at radius 3 is 2.34 bits per heavy atom. The monoisotopic (exact) mass is 430 g/mol. The topological polar surface area (TPSA) is 76.7 Å². The van der Waals surface area contributed by atoms with Gasteiger partial charge in [0, 0.05) is 12.6 Å². The molecule has 2 amide bonds. The summed E-state index contributed by atoms with van der Waals surface area (Å²) in [5.41, 5.74) is 2.79. The van der Waals surface area contributed by atoms with E-state index < -0.39 is 0 Å². The average Bonchev–Trinajstić information content (AvgIpc) is 2.83. The Morgan fingerprint density at radius 2 is 1.59 bits per heavy atom. The second kappa shape index (κ2) is 11.4. The first-order valence-electron chi connectivity index (χ1n) is 10.2. The molecule has 3 aromatic carbocycles. The Labute approximate surface area is 187 Å². The molecule has 0 fully saturated rings. The number of hydrogen-bond donors (Lipinski definition) is 2. The molecule has 32 heavy (non-hydrogen) atoms. The highest BCUT2D eigenvalue weighted by Crippen LogP contribution is 2.28. The quantitative estimate of drug-likeness (QED) is 0.496. The summed E-state index contributed by atoms with van der Waals surface area (Å²) in [5, 5.41) is 5.69. The average molecular weight is 431 g/mol. The maximum atomic E-state index is 12.6. The lowest BCUT2D eigenvalue weighted by molar-refractivity contribution is -0.111. The summed E-state index contributed by atoms with van der Waals surface area (Å²) in [6.07, 6.45) is 3.81. The van der Waals surface area contributed by atoms with Gasteiger partial charge in [0.1, 0.15) is 0 Å². The van der Waals surface area contributed by atoms with E-state index in [1.807, 2.05) is 36.4 Å². The molecule has 0 spiro atoms. The van der Waals surface area contributed by atoms with E-state index in [1.165, 1.54) is 6.08 Å². The lowest BCUT2D eigenvalue weighted by Crippen LogP contribution is -2.27. The molecule has 0 bridgehead atoms. The second-order valence-corrected chi connectivity index (χ2v) is 6.97. The number of para-hydroxylation sites is 1. The smallest absolute Gasteiger partial charge is 0.253 e. The van der Waals surface area contributed by atoms with Crippen molar-refractivity contribution in [2.24, 2.45) is 0 Å². The fourth-order valence-electron chi connectivity index (χ4n) is 3.15. The Balaban J connectivity index is 1.62. The molecular formula is C26H26N2O4. The standard InChI is InChI=1S/C26H26N2O4/c1-31-23-14-12-20(18-24(23)32-2)13-15-25(29)28-22-11-7-6-10-21(22)26(30)27-17-16-19-8-4-3-5-9-19/h3-15,18H,16-17H2,1-2H3,(H,27,30)(H,28,29)/b15-13+. The zero-order valence-electron chi connectivity index (χ0n) is 18.1. The van der Waals surface area contributed by atoms with Crippen LogP contribution >= 0.6 is 0 Å². The minimum Gasteiger partial charge on any atom is -0.493 e. The molecule has 164 valence electrons. The van der Waals surface area contributed by atoms with Crippen molar-refractivity contribution in [3.05, 3.63) is 95.6 Å². The first kappa shape index (κ1) is 22.6. The lowest BCUT2D eigenvalue weighted by Gasteiger charge is -2.11. The van der Waals surface area contributed by atoms with Gasteiger partial charge in [0.15, 0.2) is 11.5 Å². The molecule has 0 radical (unpaired) electrons. The number of ether oxygens (including phenoxy) is 2. The zero-order valence-corrected chi connectivity index (χ0v) is 18.1. The summed E-state index contributed by atoms with van der Waals surface area (Å²) in [7, 11) is 3.12. The normalized spacial score (nSPS) is 10.6. The fraction of sp³-hybridized carbons (Fsp3) is 0.154. The largest absolute Gasteiger partial charge is 0.493 e. The van der Waals surface area contributed by atoms with Crippen molar-refractivity contribution < 1.29 is 19.1 Å². The SMILES string of the molecule is COc1ccc(/C=C/C(=O)Nc2ccccc2C(=O)NCCc2ccccc2)cc1OC. The van der Waals surface area contributed by atoms with Gasteiger partial charge in [-0.05, 0) is 47.9 Å². The number of amides is 2. The summed E-state index contributed by atoms with van der Waals surface area (Å²) in [6.45, 7) is 0.504. The van der Waals surface area contributed by atoms with Gasteiger partial charge in [-0.1, -0.05) is 48.5 Å². The van der Waals surface area contributed by atoms with Crippen LogP contribution in [0.2, 0.25) is 0 Å². The van der Waals surface area contributed by atoms with Crippen LogP contribution in [0.3, 0.4) is 0 Å². The molecule has 0 saturated carbocycles. The van der Waals surface area contributed by atoms with Crippen molar-refractivity contribution in [1.82, 2.24) is 5.32 Å². The Hall–Kier alpha value is -4.06. The molecule has 0 aliphatic carbocycles. The van der Waals surface area contributed by atoms with Crippen LogP contribution in [0.1, 0.15) is 21.5 Å². The number of nitrogens with one attached hydrogen (secondary N) is 2. The van der Waals surface area contributed by atoms with Gasteiger partial charge in [0.05, 0.1) is 25.5 Å². The van der Waals surface area contributed by atoms with E-state index in [1.54, 1.807) is 56.7 Å². The number of benzene rings is 3. The van der Waals surface area contributed by atoms with Gasteiger partial charge in [-0.2, -0.15) is 0 Å². The number of anilines is 1. The summed E-state index contributed by atoms with van der Waals surface area (Å²) in [5.74, 6) is 0.610. The first-order valence-corrected chi connectivity index (χ1v) is 10.2. The summed E-state index contributed by atoms with van der Waals surface area (Å²) in [4.78, 5) is 25.1. The maximum absolute atomic E-state index is 12.6. The third-order valence-electron chi connectivity index (χ3n) is 4.81. The third kappa shape index (κ3) is 6.22. The number of methoxy groups -OCH3 is 2. The van der Waals surface area contributed by atoms with Crippen LogP contribution in [0.4, 0.5) is 5.69 Å². The molecule has 3 aromatic rings. The molecule has 0 aliphatic rings. The van der Waals surface area contributed by atoms with Crippen molar-refractivity contribution in [3.63, 3.8) is 0 Å². The zero-order chi connectivity index (χ0) is 22.8. The lowest BCUT2D eigenvalue weighted by atomic mass is 10.1. The predicted octanol–water partition coefficient (Wildman–Crippen LogP) is 4.33. The van der Waals surface area contributed by atoms with E-state index >= 15 is 0 Å². The molecule has 2 N–H and O–H groups in total. The highest BCUT2D eigenvalue weighted by Gasteiger charge is 2.12. The van der Waals surface area contributed by atoms with Crippen LogP contribution in [0.15, 0.2) is 78.9 Å². The van der Waals surface area contributed by atoms with Gasteiger partial charge in [-0.25, -0.2) is 0 Å². The van der Waals surface area contributed by atoms with E-state index in [2.05, 4.69) is 10.6 Å². The van der Waals surface area contributed by atoms with Crippen LogP contribution in [0, 0.1) is 0 Å². The molecule has 0 unspecified atom stereocenters. The highest BCUT2D eigenvalue weighted by molar-refractivity contribution is 6.07. The second-order valence-electron chi connectivity index (χ2n) is 6.97. The van der Waals surface area contributed by atoms with E-state index in [0.717, 1.165) is 17.5 Å². The number of hydrogen-bond acceptors (Lipinski definition) is 4. The molecule has 0 aromatic heterocycles. The van der Waals surface area contributed by atoms with E-state index in [9.17, 15) is 9.59 Å².